The van der Waals surface area contributed by atoms with Crippen molar-refractivity contribution in [3.63, 3.8) is 0 Å². The number of benzene rings is 1. The van der Waals surface area contributed by atoms with Gasteiger partial charge in [0.2, 0.25) is 0 Å². The van der Waals surface area contributed by atoms with Crippen molar-refractivity contribution >= 4 is 21.4 Å². The molecule has 0 fully saturated rings. The second-order valence-corrected chi connectivity index (χ2v) is 6.47. The van der Waals surface area contributed by atoms with Crippen LogP contribution in [0.15, 0.2) is 53.1 Å². The number of aliphatic hydroxyl groups is 1. The molecule has 1 aromatic carbocycles. The topological polar surface area (TPSA) is 45.4 Å². The van der Waals surface area contributed by atoms with Gasteiger partial charge in [-0.05, 0) is 43.0 Å². The van der Waals surface area contributed by atoms with E-state index in [1.165, 1.54) is 15.0 Å². The molecule has 2 unspecified atom stereocenters. The summed E-state index contributed by atoms with van der Waals surface area (Å²) in [5, 5.41) is 14.8. The lowest BCUT2D eigenvalue weighted by Gasteiger charge is -2.16. The van der Waals surface area contributed by atoms with Crippen LogP contribution in [0, 0.1) is 0 Å². The molecule has 4 heteroatoms. The van der Waals surface area contributed by atoms with Gasteiger partial charge in [0.1, 0.15) is 11.9 Å². The van der Waals surface area contributed by atoms with Crippen molar-refractivity contribution in [2.75, 3.05) is 0 Å². The van der Waals surface area contributed by atoms with Crippen molar-refractivity contribution in [3.05, 3.63) is 59.4 Å². The number of rotatable bonds is 6. The van der Waals surface area contributed by atoms with Crippen LogP contribution in [0.25, 0.3) is 10.1 Å². The molecule has 0 aliphatic carbocycles. The van der Waals surface area contributed by atoms with Gasteiger partial charge in [-0.3, -0.25) is 0 Å². The first-order valence-electron chi connectivity index (χ1n) is 7.14. The predicted octanol–water partition coefficient (Wildman–Crippen LogP) is 4.10. The van der Waals surface area contributed by atoms with Crippen LogP contribution >= 0.6 is 11.3 Å². The lowest BCUT2D eigenvalue weighted by Crippen LogP contribution is -2.27. The van der Waals surface area contributed by atoms with Gasteiger partial charge in [0.15, 0.2) is 0 Å². The molecule has 3 nitrogen and oxygen atoms in total. The third-order valence-corrected chi connectivity index (χ3v) is 4.67. The van der Waals surface area contributed by atoms with E-state index in [4.69, 9.17) is 4.42 Å². The van der Waals surface area contributed by atoms with Crippen LogP contribution in [-0.2, 0) is 6.54 Å². The van der Waals surface area contributed by atoms with E-state index in [1.807, 2.05) is 17.4 Å². The summed E-state index contributed by atoms with van der Waals surface area (Å²) >= 11 is 1.81. The predicted molar refractivity (Wildman–Crippen MR) is 86.4 cm³/mol. The van der Waals surface area contributed by atoms with Crippen LogP contribution in [0.2, 0.25) is 0 Å². The normalized spacial score (nSPS) is 14.4. The van der Waals surface area contributed by atoms with Crippen LogP contribution < -0.4 is 5.32 Å². The van der Waals surface area contributed by atoms with Gasteiger partial charge in [-0.1, -0.05) is 18.2 Å². The maximum Gasteiger partial charge on any atom is 0.132 e. The summed E-state index contributed by atoms with van der Waals surface area (Å²) in [5.41, 5.74) is 0. The summed E-state index contributed by atoms with van der Waals surface area (Å²) < 4.78 is 6.54. The lowest BCUT2D eigenvalue weighted by molar-refractivity contribution is 0.128. The average molecular weight is 301 g/mol. The Morgan fingerprint density at radius 2 is 2.10 bits per heavy atom. The molecule has 0 saturated heterocycles. The second-order valence-electron chi connectivity index (χ2n) is 5.30. The molecule has 0 saturated carbocycles. The quantitative estimate of drug-likeness (QED) is 0.720. The Balaban J connectivity index is 1.54. The molecule has 2 N–H and O–H groups in total. The van der Waals surface area contributed by atoms with Crippen LogP contribution in [0.3, 0.4) is 0 Å². The molecule has 0 aliphatic heterocycles. The van der Waals surface area contributed by atoms with Gasteiger partial charge in [0, 0.05) is 22.2 Å². The highest BCUT2D eigenvalue weighted by atomic mass is 32.1. The largest absolute Gasteiger partial charge is 0.467 e. The van der Waals surface area contributed by atoms with Crippen molar-refractivity contribution in [1.29, 1.82) is 0 Å². The Hall–Kier alpha value is -1.62. The van der Waals surface area contributed by atoms with E-state index in [1.54, 1.807) is 12.3 Å². The first kappa shape index (κ1) is 14.3. The SMILES string of the molecule is CC(CC(O)c1ccco1)NCc1cc2ccccc2s1. The van der Waals surface area contributed by atoms with E-state index in [0.29, 0.717) is 12.2 Å². The van der Waals surface area contributed by atoms with Gasteiger partial charge < -0.3 is 14.8 Å². The number of thiophene rings is 1. The highest BCUT2D eigenvalue weighted by Gasteiger charge is 2.14. The summed E-state index contributed by atoms with van der Waals surface area (Å²) in [4.78, 5) is 1.32. The fourth-order valence-electron chi connectivity index (χ4n) is 2.41. The average Bonchev–Trinajstić information content (AvgIpc) is 3.14. The third kappa shape index (κ3) is 3.53. The maximum atomic E-state index is 10.1. The fraction of sp³-hybridized carbons (Fsp3) is 0.294. The van der Waals surface area contributed by atoms with Crippen LogP contribution in [0.1, 0.15) is 30.1 Å². The van der Waals surface area contributed by atoms with Gasteiger partial charge in [-0.25, -0.2) is 0 Å². The molecule has 2 atom stereocenters. The molecule has 2 heterocycles. The van der Waals surface area contributed by atoms with E-state index in [0.717, 1.165) is 6.54 Å². The number of hydrogen-bond donors (Lipinski definition) is 2. The standard InChI is InChI=1S/C17H19NO2S/c1-12(9-15(19)16-6-4-8-20-16)18-11-14-10-13-5-2-3-7-17(13)21-14/h2-8,10,12,15,18-19H,9,11H2,1H3. The molecule has 110 valence electrons. The van der Waals surface area contributed by atoms with E-state index in [2.05, 4.69) is 42.6 Å². The fourth-order valence-corrected chi connectivity index (χ4v) is 3.43. The molecule has 0 aliphatic rings. The number of aliphatic hydroxyl groups excluding tert-OH is 1. The smallest absolute Gasteiger partial charge is 0.132 e. The molecule has 3 aromatic rings. The van der Waals surface area contributed by atoms with Crippen molar-refractivity contribution in [1.82, 2.24) is 5.32 Å². The first-order valence-corrected chi connectivity index (χ1v) is 7.96. The Morgan fingerprint density at radius 3 is 2.86 bits per heavy atom. The minimum absolute atomic E-state index is 0.218. The van der Waals surface area contributed by atoms with Crippen molar-refractivity contribution in [3.8, 4) is 0 Å². The Kier molecular flexibility index (Phi) is 4.39. The summed E-state index contributed by atoms with van der Waals surface area (Å²) in [5.74, 6) is 0.630. The maximum absolute atomic E-state index is 10.1. The number of nitrogens with one attached hydrogen (secondary N) is 1. The summed E-state index contributed by atoms with van der Waals surface area (Å²) in [7, 11) is 0. The molecule has 0 bridgehead atoms. The lowest BCUT2D eigenvalue weighted by atomic mass is 10.1. The van der Waals surface area contributed by atoms with Crippen molar-refractivity contribution in [2.24, 2.45) is 0 Å². The van der Waals surface area contributed by atoms with Gasteiger partial charge >= 0.3 is 0 Å². The minimum atomic E-state index is -0.551. The van der Waals surface area contributed by atoms with Crippen LogP contribution in [0.4, 0.5) is 0 Å². The number of furan rings is 1. The van der Waals surface area contributed by atoms with E-state index in [-0.39, 0.29) is 6.04 Å². The van der Waals surface area contributed by atoms with Crippen molar-refractivity contribution in [2.45, 2.75) is 32.0 Å². The summed E-state index contributed by atoms with van der Waals surface area (Å²) in [6.07, 6.45) is 1.68. The minimum Gasteiger partial charge on any atom is -0.467 e. The molecule has 0 spiro atoms. The number of hydrogen-bond acceptors (Lipinski definition) is 4. The highest BCUT2D eigenvalue weighted by Crippen LogP contribution is 2.25. The van der Waals surface area contributed by atoms with Gasteiger partial charge in [-0.15, -0.1) is 11.3 Å². The van der Waals surface area contributed by atoms with Gasteiger partial charge in [0.05, 0.1) is 6.26 Å². The van der Waals surface area contributed by atoms with Gasteiger partial charge in [0.25, 0.3) is 0 Å². The zero-order valence-electron chi connectivity index (χ0n) is 12.0. The first-order chi connectivity index (χ1) is 10.2. The molecular weight excluding hydrogens is 282 g/mol. The van der Waals surface area contributed by atoms with E-state index < -0.39 is 6.10 Å². The number of fused-ring (bicyclic) bond motifs is 1. The molecule has 0 amide bonds. The molecule has 0 radical (unpaired) electrons. The van der Waals surface area contributed by atoms with Crippen molar-refractivity contribution < 1.29 is 9.52 Å². The van der Waals surface area contributed by atoms with Crippen LogP contribution in [-0.4, -0.2) is 11.1 Å². The molecule has 21 heavy (non-hydrogen) atoms. The Morgan fingerprint density at radius 1 is 1.24 bits per heavy atom. The summed E-state index contributed by atoms with van der Waals surface area (Å²) in [6.45, 7) is 2.91. The highest BCUT2D eigenvalue weighted by molar-refractivity contribution is 7.19. The monoisotopic (exact) mass is 301 g/mol. The second kappa shape index (κ2) is 6.43. The van der Waals surface area contributed by atoms with Crippen LogP contribution in [0.5, 0.6) is 0 Å². The Bertz CT molecular complexity index is 657. The molecule has 3 rings (SSSR count). The van der Waals surface area contributed by atoms with E-state index in [9.17, 15) is 5.11 Å². The zero-order chi connectivity index (χ0) is 14.7. The molecular formula is C17H19NO2S. The van der Waals surface area contributed by atoms with E-state index >= 15 is 0 Å². The Labute approximate surface area is 128 Å². The van der Waals surface area contributed by atoms with Gasteiger partial charge in [-0.2, -0.15) is 0 Å². The summed E-state index contributed by atoms with van der Waals surface area (Å²) in [6, 6.07) is 14.5. The third-order valence-electron chi connectivity index (χ3n) is 3.55. The zero-order valence-corrected chi connectivity index (χ0v) is 12.8. The molecule has 2 aromatic heterocycles.